The van der Waals surface area contributed by atoms with E-state index < -0.39 is 12.3 Å². The first kappa shape index (κ1) is 11.3. The van der Waals surface area contributed by atoms with E-state index in [1.807, 2.05) is 0 Å². The molecular formula is C8H7F2IN2O. The van der Waals surface area contributed by atoms with Gasteiger partial charge in [-0.25, -0.2) is 13.8 Å². The lowest BCUT2D eigenvalue weighted by atomic mass is 10.2. The lowest BCUT2D eigenvalue weighted by Gasteiger charge is -2.07. The number of aryl methyl sites for hydroxylation is 1. The summed E-state index contributed by atoms with van der Waals surface area (Å²) >= 11 is 1.64. The maximum absolute atomic E-state index is 12.5. The molecule has 2 N–H and O–H groups in total. The quantitative estimate of drug-likeness (QED) is 0.850. The Labute approximate surface area is 92.8 Å². The lowest BCUT2D eigenvalue weighted by Crippen LogP contribution is -2.17. The minimum absolute atomic E-state index is 0.0964. The molecule has 0 aliphatic heterocycles. The number of aromatic nitrogens is 1. The second-order valence-corrected chi connectivity index (χ2v) is 3.76. The number of nitrogens with zero attached hydrogens (tertiary/aromatic N) is 1. The molecule has 0 spiro atoms. The first-order chi connectivity index (χ1) is 6.43. The molecule has 0 aliphatic carbocycles. The zero-order valence-electron chi connectivity index (χ0n) is 7.22. The third kappa shape index (κ3) is 2.17. The maximum Gasteiger partial charge on any atom is 0.268 e. The van der Waals surface area contributed by atoms with Crippen LogP contribution in [0.5, 0.6) is 0 Å². The highest BCUT2D eigenvalue weighted by molar-refractivity contribution is 14.1. The van der Waals surface area contributed by atoms with E-state index in [1.54, 1.807) is 22.6 Å². The standard InChI is InChI=1S/C8H7F2IN2O/c1-3-2-4(7(9)10)5(11)6(13-3)8(12)14/h2,7H,1H3,(H2,12,14). The summed E-state index contributed by atoms with van der Waals surface area (Å²) < 4.78 is 25.1. The molecule has 0 aromatic carbocycles. The van der Waals surface area contributed by atoms with E-state index >= 15 is 0 Å². The van der Waals surface area contributed by atoms with Crippen molar-refractivity contribution in [2.75, 3.05) is 0 Å². The Morgan fingerprint density at radius 1 is 1.64 bits per heavy atom. The van der Waals surface area contributed by atoms with Gasteiger partial charge >= 0.3 is 0 Å². The molecule has 0 saturated heterocycles. The van der Waals surface area contributed by atoms with Crippen LogP contribution in [-0.4, -0.2) is 10.9 Å². The molecule has 0 bridgehead atoms. The van der Waals surface area contributed by atoms with Crippen LogP contribution in [0.15, 0.2) is 6.07 Å². The minimum atomic E-state index is -2.62. The predicted molar refractivity (Wildman–Crippen MR) is 55.2 cm³/mol. The van der Waals surface area contributed by atoms with E-state index in [0.29, 0.717) is 5.69 Å². The normalized spacial score (nSPS) is 10.6. The molecule has 1 rings (SSSR count). The highest BCUT2D eigenvalue weighted by Crippen LogP contribution is 2.26. The zero-order chi connectivity index (χ0) is 10.9. The van der Waals surface area contributed by atoms with Gasteiger partial charge in [0.2, 0.25) is 0 Å². The second kappa shape index (κ2) is 4.16. The van der Waals surface area contributed by atoms with Crippen LogP contribution in [0.2, 0.25) is 0 Å². The predicted octanol–water partition coefficient (Wildman–Crippen LogP) is 2.03. The summed E-state index contributed by atoms with van der Waals surface area (Å²) in [6.07, 6.45) is -2.62. The number of nitrogens with two attached hydrogens (primary N) is 1. The van der Waals surface area contributed by atoms with Crippen LogP contribution in [0.1, 0.15) is 28.2 Å². The van der Waals surface area contributed by atoms with Gasteiger partial charge < -0.3 is 5.73 Å². The summed E-state index contributed by atoms with van der Waals surface area (Å²) in [5.74, 6) is -0.792. The van der Waals surface area contributed by atoms with Gasteiger partial charge in [-0.05, 0) is 35.6 Å². The molecule has 1 aromatic heterocycles. The fourth-order valence-corrected chi connectivity index (χ4v) is 1.78. The number of alkyl halides is 2. The Morgan fingerprint density at radius 2 is 2.21 bits per heavy atom. The SMILES string of the molecule is Cc1cc(C(F)F)c(I)c(C(N)=O)n1. The van der Waals surface area contributed by atoms with Crippen LogP contribution in [-0.2, 0) is 0 Å². The van der Waals surface area contributed by atoms with Crippen molar-refractivity contribution >= 4 is 28.5 Å². The number of hydrogen-bond acceptors (Lipinski definition) is 2. The topological polar surface area (TPSA) is 56.0 Å². The largest absolute Gasteiger partial charge is 0.364 e. The van der Waals surface area contributed by atoms with Crippen LogP contribution in [0.25, 0.3) is 0 Å². The molecule has 3 nitrogen and oxygen atoms in total. The molecule has 6 heteroatoms. The fourth-order valence-electron chi connectivity index (χ4n) is 1.00. The van der Waals surface area contributed by atoms with Crippen molar-refractivity contribution in [3.63, 3.8) is 0 Å². The Balaban J connectivity index is 3.40. The maximum atomic E-state index is 12.5. The van der Waals surface area contributed by atoms with Gasteiger partial charge in [-0.3, -0.25) is 4.79 Å². The van der Waals surface area contributed by atoms with E-state index in [4.69, 9.17) is 5.73 Å². The molecule has 0 saturated carbocycles. The summed E-state index contributed by atoms with van der Waals surface area (Å²) in [6.45, 7) is 1.54. The summed E-state index contributed by atoms with van der Waals surface area (Å²) in [6, 6.07) is 1.25. The monoisotopic (exact) mass is 312 g/mol. The number of primary amides is 1. The van der Waals surface area contributed by atoms with Gasteiger partial charge in [0.15, 0.2) is 0 Å². The average molecular weight is 312 g/mol. The third-order valence-corrected chi connectivity index (χ3v) is 2.72. The molecule has 76 valence electrons. The molecule has 0 fully saturated rings. The summed E-state index contributed by atoms with van der Waals surface area (Å²) in [4.78, 5) is 14.7. The van der Waals surface area contributed by atoms with Crippen molar-refractivity contribution in [2.24, 2.45) is 5.73 Å². The molecule has 0 radical (unpaired) electrons. The molecule has 14 heavy (non-hydrogen) atoms. The summed E-state index contributed by atoms with van der Waals surface area (Å²) in [5, 5.41) is 0. The number of pyridine rings is 1. The Morgan fingerprint density at radius 3 is 2.64 bits per heavy atom. The van der Waals surface area contributed by atoms with Gasteiger partial charge in [-0.1, -0.05) is 0 Å². The molecule has 1 aromatic rings. The van der Waals surface area contributed by atoms with Crippen LogP contribution in [0, 0.1) is 10.5 Å². The van der Waals surface area contributed by atoms with E-state index in [2.05, 4.69) is 4.98 Å². The number of hydrogen-bond donors (Lipinski definition) is 1. The van der Waals surface area contributed by atoms with E-state index in [0.717, 1.165) is 0 Å². The van der Waals surface area contributed by atoms with Gasteiger partial charge in [0.1, 0.15) is 5.69 Å². The highest BCUT2D eigenvalue weighted by Gasteiger charge is 2.18. The molecule has 0 aliphatic rings. The van der Waals surface area contributed by atoms with Crippen LogP contribution >= 0.6 is 22.6 Å². The number of carbonyl (C=O) groups excluding carboxylic acids is 1. The van der Waals surface area contributed by atoms with Crippen molar-refractivity contribution in [2.45, 2.75) is 13.3 Å². The third-order valence-electron chi connectivity index (χ3n) is 1.58. The van der Waals surface area contributed by atoms with Crippen molar-refractivity contribution in [1.29, 1.82) is 0 Å². The Kier molecular flexibility index (Phi) is 3.35. The second-order valence-electron chi connectivity index (χ2n) is 2.68. The minimum Gasteiger partial charge on any atom is -0.364 e. The fraction of sp³-hybridized carbons (Fsp3) is 0.250. The van der Waals surface area contributed by atoms with Gasteiger partial charge in [0, 0.05) is 11.3 Å². The van der Waals surface area contributed by atoms with Gasteiger partial charge in [0.05, 0.1) is 3.57 Å². The molecule has 0 atom stereocenters. The van der Waals surface area contributed by atoms with Gasteiger partial charge in [-0.15, -0.1) is 0 Å². The molecular weight excluding hydrogens is 305 g/mol. The Hall–Kier alpha value is -0.790. The smallest absolute Gasteiger partial charge is 0.268 e. The van der Waals surface area contributed by atoms with Crippen LogP contribution in [0.4, 0.5) is 8.78 Å². The van der Waals surface area contributed by atoms with Crippen LogP contribution in [0.3, 0.4) is 0 Å². The van der Waals surface area contributed by atoms with Crippen molar-refractivity contribution in [3.8, 4) is 0 Å². The summed E-state index contributed by atoms with van der Waals surface area (Å²) in [7, 11) is 0. The average Bonchev–Trinajstić information content (AvgIpc) is 2.07. The number of halogens is 3. The van der Waals surface area contributed by atoms with E-state index in [-0.39, 0.29) is 14.8 Å². The van der Waals surface area contributed by atoms with Crippen molar-refractivity contribution in [1.82, 2.24) is 4.98 Å². The molecule has 0 unspecified atom stereocenters. The van der Waals surface area contributed by atoms with Gasteiger partial charge in [-0.2, -0.15) is 0 Å². The molecule has 1 amide bonds. The highest BCUT2D eigenvalue weighted by atomic mass is 127. The van der Waals surface area contributed by atoms with Crippen LogP contribution < -0.4 is 5.73 Å². The first-order valence-corrected chi connectivity index (χ1v) is 4.76. The Bertz CT molecular complexity index is 382. The first-order valence-electron chi connectivity index (χ1n) is 3.68. The van der Waals surface area contributed by atoms with E-state index in [1.165, 1.54) is 13.0 Å². The summed E-state index contributed by atoms with van der Waals surface area (Å²) in [5.41, 5.74) is 5.06. The number of carbonyl (C=O) groups is 1. The van der Waals surface area contributed by atoms with Crippen molar-refractivity contribution in [3.05, 3.63) is 26.6 Å². The van der Waals surface area contributed by atoms with Gasteiger partial charge in [0.25, 0.3) is 12.3 Å². The zero-order valence-corrected chi connectivity index (χ0v) is 9.38. The molecule has 1 heterocycles. The van der Waals surface area contributed by atoms with Crippen molar-refractivity contribution < 1.29 is 13.6 Å². The number of amides is 1. The lowest BCUT2D eigenvalue weighted by molar-refractivity contribution is 0.0993. The number of rotatable bonds is 2. The van der Waals surface area contributed by atoms with E-state index in [9.17, 15) is 13.6 Å².